The molecule has 2 aromatic rings. The first-order valence-electron chi connectivity index (χ1n) is 9.25. The molecule has 0 radical (unpaired) electrons. The van der Waals surface area contributed by atoms with Crippen molar-refractivity contribution in [3.63, 3.8) is 0 Å². The molecule has 28 heavy (non-hydrogen) atoms. The molecular weight excluding hydrogens is 465 g/mol. The van der Waals surface area contributed by atoms with Gasteiger partial charge < -0.3 is 19.9 Å². The minimum Gasteiger partial charge on any atom is -0.489 e. The lowest BCUT2D eigenvalue weighted by atomic mass is 10.2. The summed E-state index contributed by atoms with van der Waals surface area (Å²) < 4.78 is 5.74. The van der Waals surface area contributed by atoms with Crippen LogP contribution in [-0.4, -0.2) is 55.7 Å². The summed E-state index contributed by atoms with van der Waals surface area (Å²) in [5, 5.41) is 3.46. The molecule has 1 fully saturated rings. The van der Waals surface area contributed by atoms with E-state index in [0.717, 1.165) is 49.3 Å². The van der Waals surface area contributed by atoms with Gasteiger partial charge in [0, 0.05) is 51.5 Å². The molecule has 0 saturated carbocycles. The molecule has 0 unspecified atom stereocenters. The van der Waals surface area contributed by atoms with Gasteiger partial charge in [0.15, 0.2) is 5.96 Å². The van der Waals surface area contributed by atoms with Crippen molar-refractivity contribution >= 4 is 35.8 Å². The van der Waals surface area contributed by atoms with E-state index in [4.69, 9.17) is 4.74 Å². The number of hydrogen-bond donors (Lipinski definition) is 1. The lowest BCUT2D eigenvalue weighted by Crippen LogP contribution is -2.52. The molecule has 1 aromatic heterocycles. The molecule has 150 valence electrons. The zero-order chi connectivity index (χ0) is 18.9. The van der Waals surface area contributed by atoms with Crippen molar-refractivity contribution in [2.75, 3.05) is 44.7 Å². The molecule has 1 aromatic carbocycles. The third-order valence-corrected chi connectivity index (χ3v) is 4.53. The molecule has 0 aliphatic carbocycles. The normalized spacial score (nSPS) is 14.2. The minimum absolute atomic E-state index is 0. The zero-order valence-electron chi connectivity index (χ0n) is 16.3. The molecular formula is C21H28IN5O. The van der Waals surface area contributed by atoms with Gasteiger partial charge in [-0.3, -0.25) is 4.99 Å². The SMILES string of the molecule is C=CCOc1ccccc1CNC(=NC)N1CCN(c2ccccn2)CC1.I. The third kappa shape index (κ3) is 5.85. The van der Waals surface area contributed by atoms with E-state index in [1.54, 1.807) is 6.08 Å². The van der Waals surface area contributed by atoms with Crippen molar-refractivity contribution < 1.29 is 4.74 Å². The van der Waals surface area contributed by atoms with Crippen LogP contribution in [0.15, 0.2) is 66.3 Å². The first-order valence-corrected chi connectivity index (χ1v) is 9.25. The van der Waals surface area contributed by atoms with E-state index in [1.165, 1.54) is 0 Å². The largest absolute Gasteiger partial charge is 0.489 e. The fourth-order valence-electron chi connectivity index (χ4n) is 3.13. The summed E-state index contributed by atoms with van der Waals surface area (Å²) in [6.07, 6.45) is 3.60. The zero-order valence-corrected chi connectivity index (χ0v) is 18.6. The molecule has 0 atom stereocenters. The predicted molar refractivity (Wildman–Crippen MR) is 126 cm³/mol. The van der Waals surface area contributed by atoms with Crippen LogP contribution >= 0.6 is 24.0 Å². The van der Waals surface area contributed by atoms with Crippen molar-refractivity contribution in [3.8, 4) is 5.75 Å². The van der Waals surface area contributed by atoms with Crippen molar-refractivity contribution in [2.24, 2.45) is 4.99 Å². The lowest BCUT2D eigenvalue weighted by Gasteiger charge is -2.37. The van der Waals surface area contributed by atoms with E-state index in [9.17, 15) is 0 Å². The van der Waals surface area contributed by atoms with Crippen molar-refractivity contribution in [1.29, 1.82) is 0 Å². The highest BCUT2D eigenvalue weighted by atomic mass is 127. The fourth-order valence-corrected chi connectivity index (χ4v) is 3.13. The topological polar surface area (TPSA) is 53.0 Å². The van der Waals surface area contributed by atoms with Gasteiger partial charge in [-0.1, -0.05) is 36.9 Å². The number of guanidine groups is 1. The Labute approximate surface area is 184 Å². The maximum atomic E-state index is 5.74. The number of piperazine rings is 1. The van der Waals surface area contributed by atoms with Crippen LogP contribution in [0.2, 0.25) is 0 Å². The molecule has 0 spiro atoms. The molecule has 1 aliphatic rings. The second-order valence-corrected chi connectivity index (χ2v) is 6.27. The number of aromatic nitrogens is 1. The van der Waals surface area contributed by atoms with Gasteiger partial charge in [0.05, 0.1) is 0 Å². The summed E-state index contributed by atoms with van der Waals surface area (Å²) in [5.41, 5.74) is 1.10. The average molecular weight is 493 g/mol. The van der Waals surface area contributed by atoms with Crippen LogP contribution in [-0.2, 0) is 6.54 Å². The average Bonchev–Trinajstić information content (AvgIpc) is 2.74. The fraction of sp³-hybridized carbons (Fsp3) is 0.333. The van der Waals surface area contributed by atoms with Gasteiger partial charge >= 0.3 is 0 Å². The van der Waals surface area contributed by atoms with E-state index in [1.807, 2.05) is 43.6 Å². The molecule has 0 amide bonds. The highest BCUT2D eigenvalue weighted by Gasteiger charge is 2.20. The summed E-state index contributed by atoms with van der Waals surface area (Å²) >= 11 is 0. The number of halogens is 1. The molecule has 1 N–H and O–H groups in total. The smallest absolute Gasteiger partial charge is 0.194 e. The Hall–Kier alpha value is -2.29. The first-order chi connectivity index (χ1) is 13.3. The maximum Gasteiger partial charge on any atom is 0.194 e. The molecule has 3 rings (SSSR count). The maximum absolute atomic E-state index is 5.74. The predicted octanol–water partition coefficient (Wildman–Crippen LogP) is 3.16. The van der Waals surface area contributed by atoms with Gasteiger partial charge in [0.25, 0.3) is 0 Å². The Morgan fingerprint density at radius 1 is 1.18 bits per heavy atom. The van der Waals surface area contributed by atoms with E-state index >= 15 is 0 Å². The van der Waals surface area contributed by atoms with E-state index in [0.29, 0.717) is 13.2 Å². The number of anilines is 1. The van der Waals surface area contributed by atoms with Crippen LogP contribution in [0.5, 0.6) is 5.75 Å². The number of rotatable bonds is 6. The second-order valence-electron chi connectivity index (χ2n) is 6.27. The van der Waals surface area contributed by atoms with Gasteiger partial charge in [-0.15, -0.1) is 24.0 Å². The first kappa shape index (κ1) is 22.0. The third-order valence-electron chi connectivity index (χ3n) is 4.53. The summed E-state index contributed by atoms with van der Waals surface area (Å²) in [6.45, 7) is 8.55. The number of benzene rings is 1. The Kier molecular flexibility index (Phi) is 9.06. The molecule has 1 saturated heterocycles. The van der Waals surface area contributed by atoms with Gasteiger partial charge in [-0.05, 0) is 18.2 Å². The van der Waals surface area contributed by atoms with Crippen molar-refractivity contribution in [3.05, 3.63) is 66.9 Å². The molecule has 0 bridgehead atoms. The number of ether oxygens (including phenoxy) is 1. The second kappa shape index (κ2) is 11.5. The lowest BCUT2D eigenvalue weighted by molar-refractivity contribution is 0.356. The van der Waals surface area contributed by atoms with Crippen LogP contribution < -0.4 is 15.0 Å². The van der Waals surface area contributed by atoms with Crippen LogP contribution in [0.4, 0.5) is 5.82 Å². The standard InChI is InChI=1S/C21H27N5O.HI/c1-3-16-27-19-9-5-4-8-18(19)17-24-21(22-2)26-14-12-25(13-15-26)20-10-6-7-11-23-20;/h3-11H,1,12-17H2,2H3,(H,22,24);1H. The summed E-state index contributed by atoms with van der Waals surface area (Å²) in [6, 6.07) is 14.1. The Balaban J connectivity index is 0.00000280. The highest BCUT2D eigenvalue weighted by molar-refractivity contribution is 14.0. The minimum atomic E-state index is 0. The van der Waals surface area contributed by atoms with Gasteiger partial charge in [-0.2, -0.15) is 0 Å². The van der Waals surface area contributed by atoms with Gasteiger partial charge in [-0.25, -0.2) is 4.98 Å². The van der Waals surface area contributed by atoms with Crippen LogP contribution in [0.1, 0.15) is 5.56 Å². The Bertz CT molecular complexity index is 760. The Morgan fingerprint density at radius 3 is 2.61 bits per heavy atom. The van der Waals surface area contributed by atoms with Crippen LogP contribution in [0, 0.1) is 0 Å². The van der Waals surface area contributed by atoms with E-state index < -0.39 is 0 Å². The van der Waals surface area contributed by atoms with Crippen molar-refractivity contribution in [2.45, 2.75) is 6.54 Å². The quantitative estimate of drug-likeness (QED) is 0.290. The van der Waals surface area contributed by atoms with E-state index in [-0.39, 0.29) is 24.0 Å². The summed E-state index contributed by atoms with van der Waals surface area (Å²) in [7, 11) is 1.83. The number of para-hydroxylation sites is 1. The summed E-state index contributed by atoms with van der Waals surface area (Å²) in [5.74, 6) is 2.82. The number of pyridine rings is 1. The van der Waals surface area contributed by atoms with Crippen LogP contribution in [0.3, 0.4) is 0 Å². The van der Waals surface area contributed by atoms with Gasteiger partial charge in [0.2, 0.25) is 0 Å². The number of hydrogen-bond acceptors (Lipinski definition) is 4. The Morgan fingerprint density at radius 2 is 1.93 bits per heavy atom. The van der Waals surface area contributed by atoms with Crippen molar-refractivity contribution in [1.82, 2.24) is 15.2 Å². The van der Waals surface area contributed by atoms with Crippen LogP contribution in [0.25, 0.3) is 0 Å². The van der Waals surface area contributed by atoms with E-state index in [2.05, 4.69) is 43.8 Å². The molecule has 2 heterocycles. The highest BCUT2D eigenvalue weighted by Crippen LogP contribution is 2.18. The number of aliphatic imine (C=N–C) groups is 1. The number of nitrogens with one attached hydrogen (secondary N) is 1. The molecule has 6 nitrogen and oxygen atoms in total. The molecule has 1 aliphatic heterocycles. The van der Waals surface area contributed by atoms with Gasteiger partial charge in [0.1, 0.15) is 18.2 Å². The summed E-state index contributed by atoms with van der Waals surface area (Å²) in [4.78, 5) is 13.5. The monoisotopic (exact) mass is 493 g/mol. The number of nitrogens with zero attached hydrogens (tertiary/aromatic N) is 4. The molecule has 7 heteroatoms.